The molecule has 7 rings (SSSR count). The summed E-state index contributed by atoms with van der Waals surface area (Å²) in [5.41, 5.74) is 0.244. The number of carbonyl (C=O) groups is 4. The van der Waals surface area contributed by atoms with E-state index in [2.05, 4.69) is 32.2 Å². The Morgan fingerprint density at radius 3 is 2.56 bits per heavy atom. The fraction of sp³-hybridized carbons (Fsp3) is 0.611. The van der Waals surface area contributed by atoms with Crippen molar-refractivity contribution in [1.82, 2.24) is 35.2 Å². The van der Waals surface area contributed by atoms with Crippen LogP contribution in [0.25, 0.3) is 11.3 Å². The molecule has 5 atom stereocenters. The van der Waals surface area contributed by atoms with Crippen LogP contribution >= 0.6 is 0 Å². The van der Waals surface area contributed by atoms with Crippen LogP contribution in [0.1, 0.15) is 83.7 Å². The normalized spacial score (nSPS) is 26.2. The Kier molecular flexibility index (Phi) is 9.32. The highest BCUT2D eigenvalue weighted by atomic mass is 32.2. The Morgan fingerprint density at radius 1 is 1.13 bits per heavy atom. The van der Waals surface area contributed by atoms with Crippen molar-refractivity contribution in [2.45, 2.75) is 114 Å². The van der Waals surface area contributed by atoms with Gasteiger partial charge in [0.15, 0.2) is 0 Å². The summed E-state index contributed by atoms with van der Waals surface area (Å²) in [6, 6.07) is 3.19. The first kappa shape index (κ1) is 35.9. The molecule has 0 bridgehead atoms. The minimum atomic E-state index is -3.88. The summed E-state index contributed by atoms with van der Waals surface area (Å²) in [7, 11) is -3.88. The van der Waals surface area contributed by atoms with E-state index in [1.54, 1.807) is 10.9 Å². The average molecular weight is 738 g/mol. The van der Waals surface area contributed by atoms with Crippen molar-refractivity contribution in [2.24, 2.45) is 11.3 Å². The number of hydrogen-bond donors (Lipinski definition) is 3. The predicted molar refractivity (Wildman–Crippen MR) is 188 cm³/mol. The van der Waals surface area contributed by atoms with E-state index in [-0.39, 0.29) is 25.5 Å². The second-order valence-corrected chi connectivity index (χ2v) is 17.8. The second kappa shape index (κ2) is 13.5. The molecule has 4 amide bonds. The zero-order valence-corrected chi connectivity index (χ0v) is 30.6. The van der Waals surface area contributed by atoms with Crippen LogP contribution in [0, 0.1) is 11.3 Å². The number of sulfonamides is 1. The van der Waals surface area contributed by atoms with Gasteiger partial charge in [-0.05, 0) is 74.1 Å². The van der Waals surface area contributed by atoms with Crippen LogP contribution in [0.3, 0.4) is 0 Å². The van der Waals surface area contributed by atoms with Crippen molar-refractivity contribution in [1.29, 1.82) is 0 Å². The van der Waals surface area contributed by atoms with Gasteiger partial charge < -0.3 is 25.0 Å². The Morgan fingerprint density at radius 2 is 1.88 bits per heavy atom. The lowest BCUT2D eigenvalue weighted by Crippen LogP contribution is -2.60. The van der Waals surface area contributed by atoms with E-state index < -0.39 is 74.1 Å². The number of nitrogens with zero attached hydrogens (tertiary/aromatic N) is 4. The lowest BCUT2D eigenvalue weighted by atomic mass is 9.85. The first-order valence-corrected chi connectivity index (χ1v) is 19.7. The predicted octanol–water partition coefficient (Wildman–Crippen LogP) is 2.77. The number of benzene rings is 1. The lowest BCUT2D eigenvalue weighted by molar-refractivity contribution is -0.142. The molecule has 0 spiro atoms. The molecule has 3 heterocycles. The zero-order valence-electron chi connectivity index (χ0n) is 29.8. The molecule has 0 unspecified atom stereocenters. The molecule has 3 N–H and O–H groups in total. The molecule has 1 aromatic heterocycles. The molecule has 0 radical (unpaired) electrons. The lowest BCUT2D eigenvalue weighted by Gasteiger charge is -2.35. The number of hydrogen-bond acceptors (Lipinski definition) is 10. The summed E-state index contributed by atoms with van der Waals surface area (Å²) in [4.78, 5) is 56.8. The fourth-order valence-corrected chi connectivity index (χ4v) is 8.94. The molecule has 1 aromatic carbocycles. The maximum atomic E-state index is 14.5. The molecule has 1 saturated heterocycles. The number of fused-ring (bicyclic) bond motifs is 1. The van der Waals surface area contributed by atoms with E-state index in [9.17, 15) is 27.6 Å². The van der Waals surface area contributed by atoms with Gasteiger partial charge in [0.2, 0.25) is 21.8 Å². The highest BCUT2D eigenvalue weighted by molar-refractivity contribution is 7.91. The Balaban J connectivity index is 1.15. The number of aromatic nitrogens is 3. The topological polar surface area (TPSA) is 191 Å². The highest BCUT2D eigenvalue weighted by Gasteiger charge is 2.62. The number of carbonyl (C=O) groups excluding carboxylic acids is 4. The molecule has 52 heavy (non-hydrogen) atoms. The van der Waals surface area contributed by atoms with Crippen molar-refractivity contribution >= 4 is 33.8 Å². The van der Waals surface area contributed by atoms with E-state index >= 15 is 0 Å². The Labute approximate surface area is 303 Å². The number of amides is 4. The molecule has 3 saturated carbocycles. The Hall–Kier alpha value is -4.47. The minimum Gasteiger partial charge on any atom is -0.493 e. The number of rotatable bonds is 11. The molecule has 3 aliphatic carbocycles. The van der Waals surface area contributed by atoms with Crippen molar-refractivity contribution in [3.63, 3.8) is 0 Å². The van der Waals surface area contributed by atoms with Gasteiger partial charge in [-0.3, -0.25) is 19.1 Å². The monoisotopic (exact) mass is 737 g/mol. The number of nitrogens with one attached hydrogen (secondary N) is 3. The van der Waals surface area contributed by atoms with E-state index in [4.69, 9.17) is 9.47 Å². The maximum absolute atomic E-state index is 14.5. The summed E-state index contributed by atoms with van der Waals surface area (Å²) in [6.45, 7) is 9.91. The second-order valence-electron chi connectivity index (χ2n) is 15.8. The Bertz CT molecular complexity index is 1880. The molecule has 280 valence electrons. The van der Waals surface area contributed by atoms with Crippen LogP contribution in [0.2, 0.25) is 0 Å². The average Bonchev–Trinajstić information content (AvgIpc) is 3.68. The van der Waals surface area contributed by atoms with Crippen LogP contribution in [-0.2, 0) is 35.6 Å². The molecule has 2 aromatic rings. The van der Waals surface area contributed by atoms with Crippen molar-refractivity contribution in [3.05, 3.63) is 42.6 Å². The largest absolute Gasteiger partial charge is 0.493 e. The van der Waals surface area contributed by atoms with Gasteiger partial charge in [0.05, 0.1) is 24.1 Å². The first-order chi connectivity index (χ1) is 24.7. The van der Waals surface area contributed by atoms with Crippen molar-refractivity contribution < 1.29 is 37.1 Å². The smallest absolute Gasteiger partial charge is 0.408 e. The molecule has 2 aliphatic heterocycles. The first-order valence-electron chi connectivity index (χ1n) is 18.1. The molecule has 5 aliphatic rings. The quantitative estimate of drug-likeness (QED) is 0.289. The summed E-state index contributed by atoms with van der Waals surface area (Å²) >= 11 is 0. The van der Waals surface area contributed by atoms with Gasteiger partial charge in [-0.25, -0.2) is 17.9 Å². The third kappa shape index (κ3) is 7.13. The van der Waals surface area contributed by atoms with Crippen LogP contribution in [0.4, 0.5) is 4.79 Å². The molecule has 15 nitrogen and oxygen atoms in total. The summed E-state index contributed by atoms with van der Waals surface area (Å²) < 4.78 is 40.5. The van der Waals surface area contributed by atoms with Crippen molar-refractivity contribution in [3.8, 4) is 17.0 Å². The fourth-order valence-electron chi connectivity index (χ4n) is 7.57. The summed E-state index contributed by atoms with van der Waals surface area (Å²) in [5.74, 6) is -1.61. The molecule has 16 heteroatoms. The van der Waals surface area contributed by atoms with Gasteiger partial charge in [0, 0.05) is 30.9 Å². The SMILES string of the molecule is C=C[C@@H]1C[C@]1(NC(=O)[C@@H]1C[C@@H](n2cc(-c3ccc4c(c3)CCO4)nn2)CN1C(=O)[C@@H](NC(=O)OC1CCCC1)C(C)(C)C)C(=O)NS(=O)(=O)C1CC1. The van der Waals surface area contributed by atoms with Gasteiger partial charge in [-0.2, -0.15) is 0 Å². The standard InChI is InChI=1S/C36H47N7O8S/c1-5-23-18-36(23,33(46)40-52(48,49)26-11-12-26)38-31(44)28-17-24(43-20-27(39-41-43)21-10-13-29-22(16-21)14-15-50-29)19-42(28)32(45)30(35(2,3)4)37-34(47)51-25-8-6-7-9-25/h5,10,13,16,20,23-26,28,30H,1,6-9,11-12,14-15,17-19H2,2-4H3,(H,37,47)(H,38,44)(H,40,46)/t23-,24-,28+,30-,36-/m1/s1. The van der Waals surface area contributed by atoms with Gasteiger partial charge in [-0.1, -0.05) is 32.1 Å². The van der Waals surface area contributed by atoms with Crippen LogP contribution < -0.4 is 20.1 Å². The van der Waals surface area contributed by atoms with Crippen molar-refractivity contribution in [2.75, 3.05) is 13.2 Å². The third-order valence-electron chi connectivity index (χ3n) is 10.9. The minimum absolute atomic E-state index is 0.0593. The van der Waals surface area contributed by atoms with Gasteiger partial charge in [0.25, 0.3) is 5.91 Å². The van der Waals surface area contributed by atoms with E-state index in [0.29, 0.717) is 25.1 Å². The van der Waals surface area contributed by atoms with Gasteiger partial charge in [-0.15, -0.1) is 11.7 Å². The maximum Gasteiger partial charge on any atom is 0.408 e. The zero-order chi connectivity index (χ0) is 37.0. The highest BCUT2D eigenvalue weighted by Crippen LogP contribution is 2.46. The number of likely N-dealkylation sites (tertiary alicyclic amines) is 1. The van der Waals surface area contributed by atoms with Gasteiger partial charge >= 0.3 is 6.09 Å². The molecule has 4 fully saturated rings. The van der Waals surface area contributed by atoms with Gasteiger partial charge in [0.1, 0.15) is 35.2 Å². The molecular formula is C36H47N7O8S. The third-order valence-corrected chi connectivity index (χ3v) is 12.8. The van der Waals surface area contributed by atoms with E-state index in [0.717, 1.165) is 49.0 Å². The van der Waals surface area contributed by atoms with E-state index in [1.807, 2.05) is 39.0 Å². The van der Waals surface area contributed by atoms with Crippen LogP contribution in [0.5, 0.6) is 5.75 Å². The summed E-state index contributed by atoms with van der Waals surface area (Å²) in [5, 5.41) is 13.8. The van der Waals surface area contributed by atoms with Crippen LogP contribution in [-0.4, -0.2) is 94.3 Å². The summed E-state index contributed by atoms with van der Waals surface area (Å²) in [6.07, 6.45) is 7.86. The van der Waals surface area contributed by atoms with Crippen LogP contribution in [0.15, 0.2) is 37.1 Å². The molecular weight excluding hydrogens is 691 g/mol. The number of ether oxygens (including phenoxy) is 2. The number of alkyl carbamates (subject to hydrolysis) is 1. The van der Waals surface area contributed by atoms with E-state index in [1.165, 1.54) is 11.0 Å².